The summed E-state index contributed by atoms with van der Waals surface area (Å²) in [5.41, 5.74) is 0.922. The molecule has 0 amide bonds. The molecule has 1 heterocycles. The van der Waals surface area contributed by atoms with Gasteiger partial charge < -0.3 is 10.4 Å². The van der Waals surface area contributed by atoms with Gasteiger partial charge in [0.05, 0.1) is 4.47 Å². The number of rotatable bonds is 4. The molecule has 18 heavy (non-hydrogen) atoms. The third-order valence-electron chi connectivity index (χ3n) is 3.34. The molecule has 1 atom stereocenters. The third kappa shape index (κ3) is 3.09. The summed E-state index contributed by atoms with van der Waals surface area (Å²) in [6.07, 6.45) is 0.627. The minimum atomic E-state index is -0.245. The number of aliphatic hydroxyl groups is 1. The first-order valence-corrected chi connectivity index (χ1v) is 7.03. The van der Waals surface area contributed by atoms with Gasteiger partial charge in [0.2, 0.25) is 0 Å². The van der Waals surface area contributed by atoms with Gasteiger partial charge in [0.15, 0.2) is 0 Å². The summed E-state index contributed by atoms with van der Waals surface area (Å²) in [5, 5.41) is 12.5. The quantitative estimate of drug-likeness (QED) is 0.891. The summed E-state index contributed by atoms with van der Waals surface area (Å²) in [4.78, 5) is 2.30. The highest BCUT2D eigenvalue weighted by molar-refractivity contribution is 9.10. The number of piperazine rings is 1. The van der Waals surface area contributed by atoms with E-state index in [0.717, 1.165) is 31.7 Å². The molecule has 0 saturated carbocycles. The van der Waals surface area contributed by atoms with Crippen molar-refractivity contribution in [2.24, 2.45) is 0 Å². The molecule has 1 aliphatic rings. The van der Waals surface area contributed by atoms with E-state index in [-0.39, 0.29) is 18.5 Å². The average molecular weight is 317 g/mol. The maximum atomic E-state index is 13.6. The van der Waals surface area contributed by atoms with E-state index in [1.807, 2.05) is 6.07 Å². The summed E-state index contributed by atoms with van der Waals surface area (Å²) >= 11 is 3.32. The fourth-order valence-corrected chi connectivity index (χ4v) is 2.96. The van der Waals surface area contributed by atoms with Crippen LogP contribution in [0.5, 0.6) is 0 Å². The van der Waals surface area contributed by atoms with Crippen LogP contribution in [0.25, 0.3) is 0 Å². The van der Waals surface area contributed by atoms with Crippen molar-refractivity contribution in [2.75, 3.05) is 32.8 Å². The van der Waals surface area contributed by atoms with Gasteiger partial charge in [0, 0.05) is 38.8 Å². The van der Waals surface area contributed by atoms with Crippen LogP contribution in [-0.4, -0.2) is 42.8 Å². The van der Waals surface area contributed by atoms with Crippen LogP contribution in [0.4, 0.5) is 4.39 Å². The van der Waals surface area contributed by atoms with Crippen LogP contribution in [0.1, 0.15) is 18.0 Å². The maximum absolute atomic E-state index is 13.6. The molecule has 1 aromatic rings. The number of hydrogen-bond acceptors (Lipinski definition) is 3. The minimum absolute atomic E-state index is 0.0715. The molecule has 1 aliphatic heterocycles. The highest BCUT2D eigenvalue weighted by Crippen LogP contribution is 2.32. The predicted molar refractivity (Wildman–Crippen MR) is 73.0 cm³/mol. The molecule has 0 aromatic heterocycles. The second-order valence-corrected chi connectivity index (χ2v) is 5.25. The number of nitrogens with zero attached hydrogens (tertiary/aromatic N) is 1. The molecule has 0 unspecified atom stereocenters. The lowest BCUT2D eigenvalue weighted by molar-refractivity contribution is 0.140. The van der Waals surface area contributed by atoms with Crippen molar-refractivity contribution in [1.82, 2.24) is 10.2 Å². The Kier molecular flexibility index (Phi) is 5.12. The molecule has 0 radical (unpaired) electrons. The van der Waals surface area contributed by atoms with E-state index in [2.05, 4.69) is 26.1 Å². The maximum Gasteiger partial charge on any atom is 0.137 e. The summed E-state index contributed by atoms with van der Waals surface area (Å²) in [6.45, 7) is 3.84. The Hall–Kier alpha value is -0.490. The molecule has 5 heteroatoms. The zero-order valence-electron chi connectivity index (χ0n) is 10.2. The van der Waals surface area contributed by atoms with E-state index in [9.17, 15) is 9.50 Å². The first kappa shape index (κ1) is 13.9. The van der Waals surface area contributed by atoms with Crippen LogP contribution in [0.3, 0.4) is 0 Å². The van der Waals surface area contributed by atoms with Gasteiger partial charge in [0.1, 0.15) is 5.82 Å². The first-order chi connectivity index (χ1) is 8.74. The summed E-state index contributed by atoms with van der Waals surface area (Å²) in [7, 11) is 0. The van der Waals surface area contributed by atoms with Crippen LogP contribution in [0.2, 0.25) is 0 Å². The fourth-order valence-electron chi connectivity index (χ4n) is 2.43. The molecule has 0 bridgehead atoms. The smallest absolute Gasteiger partial charge is 0.137 e. The molecule has 2 N–H and O–H groups in total. The molecule has 2 rings (SSSR count). The van der Waals surface area contributed by atoms with E-state index in [0.29, 0.717) is 10.9 Å². The second-order valence-electron chi connectivity index (χ2n) is 4.46. The van der Waals surface area contributed by atoms with Crippen molar-refractivity contribution in [3.63, 3.8) is 0 Å². The van der Waals surface area contributed by atoms with Gasteiger partial charge in [-0.15, -0.1) is 0 Å². The lowest BCUT2D eigenvalue weighted by atomic mass is 10.0. The molecule has 0 spiro atoms. The van der Waals surface area contributed by atoms with Crippen LogP contribution >= 0.6 is 15.9 Å². The average Bonchev–Trinajstić information content (AvgIpc) is 2.41. The Balaban J connectivity index is 2.25. The first-order valence-electron chi connectivity index (χ1n) is 6.23. The number of aliphatic hydroxyl groups excluding tert-OH is 1. The van der Waals surface area contributed by atoms with Gasteiger partial charge in [-0.3, -0.25) is 4.90 Å². The Bertz CT molecular complexity index is 397. The largest absolute Gasteiger partial charge is 0.396 e. The molecule has 1 saturated heterocycles. The van der Waals surface area contributed by atoms with Gasteiger partial charge in [-0.25, -0.2) is 4.39 Å². The van der Waals surface area contributed by atoms with E-state index >= 15 is 0 Å². The zero-order valence-corrected chi connectivity index (χ0v) is 11.8. The van der Waals surface area contributed by atoms with Crippen molar-refractivity contribution < 1.29 is 9.50 Å². The molecule has 1 fully saturated rings. The van der Waals surface area contributed by atoms with Gasteiger partial charge in [-0.05, 0) is 34.0 Å². The van der Waals surface area contributed by atoms with Gasteiger partial charge in [-0.1, -0.05) is 12.1 Å². The summed E-state index contributed by atoms with van der Waals surface area (Å²) in [6, 6.07) is 5.17. The summed E-state index contributed by atoms with van der Waals surface area (Å²) in [5.74, 6) is -0.245. The minimum Gasteiger partial charge on any atom is -0.396 e. The monoisotopic (exact) mass is 316 g/mol. The normalized spacial score (nSPS) is 18.8. The fraction of sp³-hybridized carbons (Fsp3) is 0.538. The van der Waals surface area contributed by atoms with Crippen LogP contribution < -0.4 is 5.32 Å². The van der Waals surface area contributed by atoms with E-state index in [4.69, 9.17) is 0 Å². The highest BCUT2D eigenvalue weighted by Gasteiger charge is 2.24. The van der Waals surface area contributed by atoms with Crippen LogP contribution in [0, 0.1) is 5.82 Å². The predicted octanol–water partition coefficient (Wildman–Crippen LogP) is 1.92. The van der Waals surface area contributed by atoms with Crippen molar-refractivity contribution in [3.05, 3.63) is 34.1 Å². The second kappa shape index (κ2) is 6.61. The van der Waals surface area contributed by atoms with Crippen molar-refractivity contribution in [2.45, 2.75) is 12.5 Å². The van der Waals surface area contributed by atoms with Crippen molar-refractivity contribution in [3.8, 4) is 0 Å². The molecule has 1 aromatic carbocycles. The van der Waals surface area contributed by atoms with E-state index in [1.165, 1.54) is 6.07 Å². The molecular formula is C13H18BrFN2O. The molecular weight excluding hydrogens is 299 g/mol. The van der Waals surface area contributed by atoms with Crippen molar-refractivity contribution >= 4 is 15.9 Å². The van der Waals surface area contributed by atoms with Gasteiger partial charge in [-0.2, -0.15) is 0 Å². The van der Waals surface area contributed by atoms with E-state index < -0.39 is 0 Å². The Morgan fingerprint density at radius 1 is 1.39 bits per heavy atom. The highest BCUT2D eigenvalue weighted by atomic mass is 79.9. The van der Waals surface area contributed by atoms with E-state index in [1.54, 1.807) is 6.07 Å². The lowest BCUT2D eigenvalue weighted by Gasteiger charge is -2.35. The number of benzene rings is 1. The topological polar surface area (TPSA) is 35.5 Å². The Morgan fingerprint density at radius 2 is 2.11 bits per heavy atom. The molecule has 3 nitrogen and oxygen atoms in total. The summed E-state index contributed by atoms with van der Waals surface area (Å²) < 4.78 is 14.1. The third-order valence-corrected chi connectivity index (χ3v) is 4.17. The molecule has 0 aliphatic carbocycles. The standard InChI is InChI=1S/C13H18BrFN2O/c14-13-10(2-1-3-11(13)15)12(4-9-18)17-7-5-16-6-8-17/h1-3,12,16,18H,4-9H2/t12-/m0/s1. The van der Waals surface area contributed by atoms with Gasteiger partial charge in [0.25, 0.3) is 0 Å². The van der Waals surface area contributed by atoms with Crippen LogP contribution in [-0.2, 0) is 0 Å². The van der Waals surface area contributed by atoms with Crippen molar-refractivity contribution in [1.29, 1.82) is 0 Å². The van der Waals surface area contributed by atoms with Gasteiger partial charge >= 0.3 is 0 Å². The number of halogens is 2. The van der Waals surface area contributed by atoms with Crippen LogP contribution in [0.15, 0.2) is 22.7 Å². The molecule has 100 valence electrons. The number of hydrogen-bond donors (Lipinski definition) is 2. The number of nitrogens with one attached hydrogen (secondary N) is 1. The Morgan fingerprint density at radius 3 is 2.78 bits per heavy atom. The lowest BCUT2D eigenvalue weighted by Crippen LogP contribution is -2.45. The SMILES string of the molecule is OCC[C@@H](c1cccc(F)c1Br)N1CCNCC1. The zero-order chi connectivity index (χ0) is 13.0. The Labute approximate surface area is 115 Å².